The maximum Gasteiger partial charge on any atom is 0.288 e. The van der Waals surface area contributed by atoms with Gasteiger partial charge in [0.2, 0.25) is 0 Å². The molecule has 0 bridgehead atoms. The van der Waals surface area contributed by atoms with Crippen LogP contribution in [0.3, 0.4) is 0 Å². The molecule has 0 aromatic heterocycles. The molecule has 0 radical (unpaired) electrons. The third-order valence-corrected chi connectivity index (χ3v) is 7.92. The van der Waals surface area contributed by atoms with Gasteiger partial charge in [-0.15, -0.1) is 0 Å². The molecule has 3 atom stereocenters. The number of sulfone groups is 1. The van der Waals surface area contributed by atoms with Gasteiger partial charge in [-0.2, -0.15) is 4.99 Å². The summed E-state index contributed by atoms with van der Waals surface area (Å²) in [5.74, 6) is 0.387. The van der Waals surface area contributed by atoms with Gasteiger partial charge in [0.05, 0.1) is 17.5 Å². The Bertz CT molecular complexity index is 993. The Morgan fingerprint density at radius 1 is 1.11 bits per heavy atom. The summed E-state index contributed by atoms with van der Waals surface area (Å²) in [7, 11) is -3.08. The molecule has 2 aliphatic rings. The number of benzene rings is 2. The van der Waals surface area contributed by atoms with Crippen LogP contribution >= 0.6 is 11.8 Å². The van der Waals surface area contributed by atoms with Gasteiger partial charge in [-0.25, -0.2) is 8.42 Å². The quantitative estimate of drug-likeness (QED) is 0.763. The summed E-state index contributed by atoms with van der Waals surface area (Å²) in [4.78, 5) is 18.8. The van der Waals surface area contributed by atoms with Crippen LogP contribution in [-0.2, 0) is 14.6 Å². The highest BCUT2D eigenvalue weighted by molar-refractivity contribution is 8.16. The zero-order valence-electron chi connectivity index (χ0n) is 15.3. The molecule has 1 amide bonds. The van der Waals surface area contributed by atoms with Crippen molar-refractivity contribution in [3.8, 4) is 5.75 Å². The lowest BCUT2D eigenvalue weighted by Crippen LogP contribution is -2.38. The maximum atomic E-state index is 12.7. The standard InChI is InChI=1S/C20H20N2O4S2/c1-14(26-16-10-6-3-7-11-16)19(23)21-20-22(15-8-4-2-5-9-15)17-12-28(24,25)13-18(17)27-20/h2-11,14,17-18H,12-13H2,1H3/t14-,17+,18-/m0/s1. The molecule has 0 unspecified atom stereocenters. The number of rotatable bonds is 4. The van der Waals surface area contributed by atoms with Crippen molar-refractivity contribution in [1.29, 1.82) is 0 Å². The number of anilines is 1. The SMILES string of the molecule is C[C@H](Oc1ccccc1)C(=O)N=C1S[C@H]2CS(=O)(=O)C[C@H]2N1c1ccccc1. The summed E-state index contributed by atoms with van der Waals surface area (Å²) in [5.41, 5.74) is 0.836. The van der Waals surface area contributed by atoms with Gasteiger partial charge in [0.1, 0.15) is 5.75 Å². The first-order valence-electron chi connectivity index (χ1n) is 8.98. The van der Waals surface area contributed by atoms with E-state index in [2.05, 4.69) is 4.99 Å². The van der Waals surface area contributed by atoms with Crippen molar-refractivity contribution in [2.75, 3.05) is 16.4 Å². The average molecular weight is 417 g/mol. The largest absolute Gasteiger partial charge is 0.481 e. The van der Waals surface area contributed by atoms with Crippen LogP contribution in [0.15, 0.2) is 65.7 Å². The predicted octanol–water partition coefficient (Wildman–Crippen LogP) is 2.76. The van der Waals surface area contributed by atoms with Crippen LogP contribution in [0.2, 0.25) is 0 Å². The smallest absolute Gasteiger partial charge is 0.288 e. The van der Waals surface area contributed by atoms with Crippen molar-refractivity contribution in [2.45, 2.75) is 24.3 Å². The van der Waals surface area contributed by atoms with E-state index in [1.807, 2.05) is 53.4 Å². The lowest BCUT2D eigenvalue weighted by molar-refractivity contribution is -0.123. The van der Waals surface area contributed by atoms with E-state index in [0.717, 1.165) is 5.69 Å². The zero-order valence-corrected chi connectivity index (χ0v) is 16.9. The number of nitrogens with zero attached hydrogens (tertiary/aromatic N) is 2. The highest BCUT2D eigenvalue weighted by atomic mass is 32.2. The first kappa shape index (κ1) is 19.0. The molecular weight excluding hydrogens is 396 g/mol. The molecule has 28 heavy (non-hydrogen) atoms. The van der Waals surface area contributed by atoms with E-state index in [4.69, 9.17) is 4.74 Å². The van der Waals surface area contributed by atoms with E-state index in [0.29, 0.717) is 10.9 Å². The van der Waals surface area contributed by atoms with Crippen LogP contribution in [0.1, 0.15) is 6.92 Å². The molecule has 0 N–H and O–H groups in total. The third-order valence-electron chi connectivity index (χ3n) is 4.71. The van der Waals surface area contributed by atoms with E-state index in [1.165, 1.54) is 11.8 Å². The summed E-state index contributed by atoms with van der Waals surface area (Å²) >= 11 is 1.36. The number of carbonyl (C=O) groups is 1. The van der Waals surface area contributed by atoms with E-state index in [9.17, 15) is 13.2 Å². The number of ether oxygens (including phenoxy) is 1. The molecule has 2 aromatic carbocycles. The second kappa shape index (κ2) is 7.60. The number of amidine groups is 1. The molecule has 6 nitrogen and oxygen atoms in total. The summed E-state index contributed by atoms with van der Waals surface area (Å²) in [5, 5.41) is 0.409. The number of carbonyl (C=O) groups excluding carboxylic acids is 1. The van der Waals surface area contributed by atoms with Crippen molar-refractivity contribution in [3.05, 3.63) is 60.7 Å². The Morgan fingerprint density at radius 2 is 1.75 bits per heavy atom. The fourth-order valence-corrected chi connectivity index (χ4v) is 7.31. The Balaban J connectivity index is 1.59. The van der Waals surface area contributed by atoms with E-state index in [1.54, 1.807) is 19.1 Å². The molecule has 0 saturated carbocycles. The molecule has 2 fully saturated rings. The van der Waals surface area contributed by atoms with Crippen molar-refractivity contribution in [1.82, 2.24) is 0 Å². The topological polar surface area (TPSA) is 76.0 Å². The van der Waals surface area contributed by atoms with Crippen molar-refractivity contribution >= 4 is 38.4 Å². The Hall–Kier alpha value is -2.32. The van der Waals surface area contributed by atoms with Gasteiger partial charge in [-0.05, 0) is 31.2 Å². The maximum absolute atomic E-state index is 12.7. The monoisotopic (exact) mass is 416 g/mol. The first-order valence-corrected chi connectivity index (χ1v) is 11.7. The van der Waals surface area contributed by atoms with Crippen molar-refractivity contribution < 1.29 is 17.9 Å². The van der Waals surface area contributed by atoms with Crippen molar-refractivity contribution in [2.24, 2.45) is 4.99 Å². The van der Waals surface area contributed by atoms with E-state index < -0.39 is 21.8 Å². The molecule has 2 saturated heterocycles. The number of thioether (sulfide) groups is 1. The Labute approximate surface area is 168 Å². The second-order valence-corrected chi connectivity index (χ2v) is 10.2. The normalized spacial score (nSPS) is 25.5. The molecule has 2 aliphatic heterocycles. The molecule has 146 valence electrons. The van der Waals surface area contributed by atoms with Gasteiger partial charge < -0.3 is 9.64 Å². The van der Waals surface area contributed by atoms with Crippen molar-refractivity contribution in [3.63, 3.8) is 0 Å². The minimum Gasteiger partial charge on any atom is -0.481 e. The Morgan fingerprint density at radius 3 is 2.43 bits per heavy atom. The van der Waals surface area contributed by atoms with Crippen LogP contribution in [0, 0.1) is 0 Å². The van der Waals surface area contributed by atoms with Crippen LogP contribution in [0.4, 0.5) is 5.69 Å². The van der Waals surface area contributed by atoms with Gasteiger partial charge in [-0.3, -0.25) is 4.79 Å². The van der Waals surface area contributed by atoms with Gasteiger partial charge in [0, 0.05) is 10.9 Å². The zero-order chi connectivity index (χ0) is 19.7. The third kappa shape index (κ3) is 3.93. The highest BCUT2D eigenvalue weighted by Gasteiger charge is 2.49. The first-order chi connectivity index (χ1) is 13.4. The van der Waals surface area contributed by atoms with Gasteiger partial charge in [0.25, 0.3) is 5.91 Å². The summed E-state index contributed by atoms with van der Waals surface area (Å²) < 4.78 is 29.9. The number of para-hydroxylation sites is 2. The Kier molecular flexibility index (Phi) is 5.16. The van der Waals surface area contributed by atoms with Crippen LogP contribution in [0.5, 0.6) is 5.75 Å². The lowest BCUT2D eigenvalue weighted by Gasteiger charge is -2.24. The van der Waals surface area contributed by atoms with Gasteiger partial charge in [0.15, 0.2) is 21.1 Å². The van der Waals surface area contributed by atoms with E-state index in [-0.39, 0.29) is 22.8 Å². The summed E-state index contributed by atoms with van der Waals surface area (Å²) in [6.45, 7) is 1.66. The van der Waals surface area contributed by atoms with Crippen LogP contribution in [-0.4, -0.2) is 48.4 Å². The fourth-order valence-electron chi connectivity index (χ4n) is 3.39. The van der Waals surface area contributed by atoms with Crippen LogP contribution < -0.4 is 9.64 Å². The molecule has 0 spiro atoms. The minimum absolute atomic E-state index is 0.0723. The van der Waals surface area contributed by atoms with Gasteiger partial charge in [-0.1, -0.05) is 48.2 Å². The minimum atomic E-state index is -3.08. The number of fused-ring (bicyclic) bond motifs is 1. The summed E-state index contributed by atoms with van der Waals surface area (Å²) in [6.07, 6.45) is -0.739. The van der Waals surface area contributed by atoms with E-state index >= 15 is 0 Å². The van der Waals surface area contributed by atoms with Gasteiger partial charge >= 0.3 is 0 Å². The summed E-state index contributed by atoms with van der Waals surface area (Å²) in [6, 6.07) is 18.4. The molecule has 4 rings (SSSR count). The fraction of sp³-hybridized carbons (Fsp3) is 0.300. The predicted molar refractivity (Wildman–Crippen MR) is 112 cm³/mol. The number of aliphatic imine (C=N–C) groups is 1. The number of hydrogen-bond acceptors (Lipinski definition) is 5. The molecule has 0 aliphatic carbocycles. The molecule has 2 heterocycles. The molecular formula is C20H20N2O4S2. The number of amides is 1. The number of hydrogen-bond donors (Lipinski definition) is 0. The molecule has 2 aromatic rings. The highest BCUT2D eigenvalue weighted by Crippen LogP contribution is 2.40. The lowest BCUT2D eigenvalue weighted by atomic mass is 10.2. The van der Waals surface area contributed by atoms with Crippen LogP contribution in [0.25, 0.3) is 0 Å². The molecule has 8 heteroatoms. The second-order valence-electron chi connectivity index (χ2n) is 6.81. The average Bonchev–Trinajstić information content (AvgIpc) is 3.13.